The Labute approximate surface area is 152 Å². The van der Waals surface area contributed by atoms with E-state index in [1.807, 2.05) is 0 Å². The summed E-state index contributed by atoms with van der Waals surface area (Å²) in [5.41, 5.74) is 1.05. The molecule has 25 heavy (non-hydrogen) atoms. The maximum atomic E-state index is 12.1. The van der Waals surface area contributed by atoms with Gasteiger partial charge in [0.25, 0.3) is 0 Å². The minimum atomic E-state index is -0.448. The summed E-state index contributed by atoms with van der Waals surface area (Å²) in [6, 6.07) is 5.12. The van der Waals surface area contributed by atoms with Gasteiger partial charge in [-0.15, -0.1) is 0 Å². The van der Waals surface area contributed by atoms with Crippen LogP contribution >= 0.6 is 11.6 Å². The molecule has 134 valence electrons. The second kappa shape index (κ2) is 7.99. The van der Waals surface area contributed by atoms with E-state index >= 15 is 0 Å². The van der Waals surface area contributed by atoms with Crippen LogP contribution in [0.5, 0.6) is 5.75 Å². The van der Waals surface area contributed by atoms with Crippen molar-refractivity contribution in [2.24, 2.45) is 0 Å². The highest BCUT2D eigenvalue weighted by Crippen LogP contribution is 2.29. The summed E-state index contributed by atoms with van der Waals surface area (Å²) >= 11 is 6.20. The van der Waals surface area contributed by atoms with E-state index in [0.717, 1.165) is 32.7 Å². The molecule has 1 aliphatic rings. The summed E-state index contributed by atoms with van der Waals surface area (Å²) in [5.74, 6) is 0.0275. The van der Waals surface area contributed by atoms with E-state index in [1.165, 1.54) is 7.11 Å². The summed E-state index contributed by atoms with van der Waals surface area (Å²) in [6.07, 6.45) is 1.64. The van der Waals surface area contributed by atoms with Crippen LogP contribution in [0.2, 0.25) is 5.02 Å². The van der Waals surface area contributed by atoms with Crippen LogP contribution in [0, 0.1) is 0 Å². The molecule has 3 rings (SSSR count). The van der Waals surface area contributed by atoms with Crippen molar-refractivity contribution in [2.75, 3.05) is 53.5 Å². The maximum absolute atomic E-state index is 12.1. The van der Waals surface area contributed by atoms with E-state index < -0.39 is 5.97 Å². The molecule has 1 aliphatic heterocycles. The van der Waals surface area contributed by atoms with Crippen molar-refractivity contribution in [3.63, 3.8) is 0 Å². The molecule has 0 amide bonds. The highest BCUT2D eigenvalue weighted by atomic mass is 35.5. The van der Waals surface area contributed by atoms with Crippen LogP contribution in [0.4, 0.5) is 0 Å². The average molecular weight is 364 g/mol. The number of hydrogen-bond acceptors (Lipinski definition) is 6. The smallest absolute Gasteiger partial charge is 0.341 e. The summed E-state index contributed by atoms with van der Waals surface area (Å²) in [6.45, 7) is 5.49. The number of nitrogens with zero attached hydrogens (tertiary/aromatic N) is 3. The average Bonchev–Trinajstić information content (AvgIpc) is 2.62. The third-order valence-electron chi connectivity index (χ3n) is 4.46. The maximum Gasteiger partial charge on any atom is 0.341 e. The summed E-state index contributed by atoms with van der Waals surface area (Å²) < 4.78 is 10.8. The van der Waals surface area contributed by atoms with Crippen LogP contribution < -0.4 is 4.74 Å². The van der Waals surface area contributed by atoms with E-state index in [4.69, 9.17) is 21.1 Å². The first-order valence-electron chi connectivity index (χ1n) is 8.29. The normalized spacial score (nSPS) is 16.1. The van der Waals surface area contributed by atoms with Gasteiger partial charge in [0.05, 0.1) is 17.6 Å². The molecule has 7 heteroatoms. The first kappa shape index (κ1) is 17.9. The third-order valence-corrected chi connectivity index (χ3v) is 4.79. The van der Waals surface area contributed by atoms with Crippen LogP contribution in [0.25, 0.3) is 10.9 Å². The zero-order chi connectivity index (χ0) is 17.8. The van der Waals surface area contributed by atoms with Gasteiger partial charge in [-0.3, -0.25) is 9.88 Å². The minimum absolute atomic E-state index is 0.364. The number of methoxy groups -OCH3 is 1. The van der Waals surface area contributed by atoms with Crippen molar-refractivity contribution in [2.45, 2.75) is 0 Å². The number of benzene rings is 1. The van der Waals surface area contributed by atoms with Crippen LogP contribution in [0.3, 0.4) is 0 Å². The molecule has 2 heterocycles. The van der Waals surface area contributed by atoms with Crippen LogP contribution in [-0.2, 0) is 4.74 Å². The summed E-state index contributed by atoms with van der Waals surface area (Å²) in [4.78, 5) is 21.1. The van der Waals surface area contributed by atoms with Gasteiger partial charge < -0.3 is 14.4 Å². The van der Waals surface area contributed by atoms with Gasteiger partial charge in [-0.05, 0) is 19.2 Å². The molecule has 0 aliphatic carbocycles. The minimum Gasteiger partial charge on any atom is -0.491 e. The number of halogens is 1. The zero-order valence-corrected chi connectivity index (χ0v) is 15.3. The predicted octanol–water partition coefficient (Wildman–Crippen LogP) is 2.30. The lowest BCUT2D eigenvalue weighted by Crippen LogP contribution is -2.45. The number of pyridine rings is 1. The fraction of sp³-hybridized carbons (Fsp3) is 0.444. The number of carbonyl (C=O) groups excluding carboxylic acids is 1. The largest absolute Gasteiger partial charge is 0.491 e. The number of carbonyl (C=O) groups is 1. The molecular formula is C18H22ClN3O3. The van der Waals surface area contributed by atoms with E-state index in [0.29, 0.717) is 33.8 Å². The van der Waals surface area contributed by atoms with Crippen molar-refractivity contribution in [1.82, 2.24) is 14.8 Å². The molecule has 1 aromatic carbocycles. The Morgan fingerprint density at radius 1 is 1.28 bits per heavy atom. The Kier molecular flexibility index (Phi) is 5.73. The SMILES string of the molecule is COC(=O)c1cc2c(Cl)ccnc2cc1OCCN1CCN(C)CC1. The Morgan fingerprint density at radius 3 is 2.76 bits per heavy atom. The molecular weight excluding hydrogens is 342 g/mol. The van der Waals surface area contributed by atoms with E-state index in [2.05, 4.69) is 21.8 Å². The molecule has 0 saturated carbocycles. The molecule has 2 aromatic rings. The Balaban J connectivity index is 1.76. The van der Waals surface area contributed by atoms with Gasteiger partial charge in [-0.2, -0.15) is 0 Å². The van der Waals surface area contributed by atoms with Gasteiger partial charge in [-0.25, -0.2) is 4.79 Å². The van der Waals surface area contributed by atoms with Gasteiger partial charge in [0.15, 0.2) is 0 Å². The lowest BCUT2D eigenvalue weighted by molar-refractivity contribution is 0.0595. The first-order valence-corrected chi connectivity index (χ1v) is 8.66. The van der Waals surface area contributed by atoms with Crippen molar-refractivity contribution >= 4 is 28.5 Å². The third kappa shape index (κ3) is 4.21. The number of hydrogen-bond donors (Lipinski definition) is 0. The van der Waals surface area contributed by atoms with Crippen molar-refractivity contribution in [1.29, 1.82) is 0 Å². The highest BCUT2D eigenvalue weighted by molar-refractivity contribution is 6.35. The van der Waals surface area contributed by atoms with Crippen LogP contribution in [-0.4, -0.2) is 74.2 Å². The number of aromatic nitrogens is 1. The quantitative estimate of drug-likeness (QED) is 0.760. The van der Waals surface area contributed by atoms with Gasteiger partial charge in [0, 0.05) is 50.4 Å². The van der Waals surface area contributed by atoms with Crippen molar-refractivity contribution < 1.29 is 14.3 Å². The molecule has 1 fully saturated rings. The van der Waals surface area contributed by atoms with Gasteiger partial charge in [0.1, 0.15) is 17.9 Å². The lowest BCUT2D eigenvalue weighted by Gasteiger charge is -2.32. The monoisotopic (exact) mass is 363 g/mol. The van der Waals surface area contributed by atoms with Crippen LogP contribution in [0.15, 0.2) is 24.4 Å². The van der Waals surface area contributed by atoms with E-state index in [-0.39, 0.29) is 0 Å². The Bertz CT molecular complexity index is 761. The lowest BCUT2D eigenvalue weighted by atomic mass is 10.1. The summed E-state index contributed by atoms with van der Waals surface area (Å²) in [7, 11) is 3.48. The molecule has 0 N–H and O–H groups in total. The van der Waals surface area contributed by atoms with Gasteiger partial charge in [-0.1, -0.05) is 11.6 Å². The number of fused-ring (bicyclic) bond motifs is 1. The molecule has 0 bridgehead atoms. The standard InChI is InChI=1S/C18H22ClN3O3/c1-21-5-7-22(8-6-21)9-10-25-17-12-16-13(15(19)3-4-20-16)11-14(17)18(23)24-2/h3-4,11-12H,5-10H2,1-2H3. The second-order valence-corrected chi connectivity index (χ2v) is 6.55. The molecule has 6 nitrogen and oxygen atoms in total. The summed E-state index contributed by atoms with van der Waals surface area (Å²) in [5, 5.41) is 1.25. The fourth-order valence-corrected chi connectivity index (χ4v) is 3.09. The van der Waals surface area contributed by atoms with E-state index in [9.17, 15) is 4.79 Å². The highest BCUT2D eigenvalue weighted by Gasteiger charge is 2.18. The number of esters is 1. The first-order chi connectivity index (χ1) is 12.1. The molecule has 1 aromatic heterocycles. The molecule has 1 saturated heterocycles. The second-order valence-electron chi connectivity index (χ2n) is 6.14. The topological polar surface area (TPSA) is 54.9 Å². The Morgan fingerprint density at radius 2 is 2.04 bits per heavy atom. The molecule has 0 radical (unpaired) electrons. The zero-order valence-electron chi connectivity index (χ0n) is 14.5. The predicted molar refractivity (Wildman–Crippen MR) is 97.5 cm³/mol. The molecule has 0 atom stereocenters. The van der Waals surface area contributed by atoms with Crippen molar-refractivity contribution in [3.8, 4) is 5.75 Å². The molecule has 0 unspecified atom stereocenters. The fourth-order valence-electron chi connectivity index (χ4n) is 2.89. The van der Waals surface area contributed by atoms with Crippen LogP contribution in [0.1, 0.15) is 10.4 Å². The van der Waals surface area contributed by atoms with Crippen molar-refractivity contribution in [3.05, 3.63) is 35.0 Å². The molecule has 0 spiro atoms. The van der Waals surface area contributed by atoms with Gasteiger partial charge >= 0.3 is 5.97 Å². The van der Waals surface area contributed by atoms with Gasteiger partial charge in [0.2, 0.25) is 0 Å². The number of piperazine rings is 1. The van der Waals surface area contributed by atoms with E-state index in [1.54, 1.807) is 24.4 Å². The number of ether oxygens (including phenoxy) is 2. The number of rotatable bonds is 5. The Hall–Kier alpha value is -1.89. The number of likely N-dealkylation sites (N-methyl/N-ethyl adjacent to an activating group) is 1.